The molecule has 0 fully saturated rings. The van der Waals surface area contributed by atoms with Crippen molar-refractivity contribution in [3.05, 3.63) is 16.7 Å². The van der Waals surface area contributed by atoms with Gasteiger partial charge in [-0.25, -0.2) is 4.98 Å². The van der Waals surface area contributed by atoms with Crippen LogP contribution in [0.2, 0.25) is 0 Å². The van der Waals surface area contributed by atoms with Crippen molar-refractivity contribution in [2.75, 3.05) is 12.3 Å². The molecule has 0 amide bonds. The van der Waals surface area contributed by atoms with Crippen LogP contribution in [0.3, 0.4) is 0 Å². The first-order chi connectivity index (χ1) is 7.22. The van der Waals surface area contributed by atoms with Crippen molar-refractivity contribution in [3.63, 3.8) is 0 Å². The van der Waals surface area contributed by atoms with E-state index in [1.807, 2.05) is 0 Å². The number of nitrogens with zero attached hydrogens (tertiary/aromatic N) is 3. The molecule has 0 aliphatic heterocycles. The number of H-pyrrole nitrogens is 1. The fraction of sp³-hybridized carbons (Fsp3) is 0.375. The van der Waals surface area contributed by atoms with Gasteiger partial charge >= 0.3 is 0 Å². The van der Waals surface area contributed by atoms with Crippen LogP contribution in [0, 0.1) is 0 Å². The molecule has 0 atom stereocenters. The molecule has 0 saturated carbocycles. The lowest BCUT2D eigenvalue weighted by Crippen LogP contribution is -2.14. The third-order valence-corrected chi connectivity index (χ3v) is 2.06. The summed E-state index contributed by atoms with van der Waals surface area (Å²) < 4.78 is 1.65. The number of aryl methyl sites for hydroxylation is 1. The Bertz CT molecular complexity index is 529. The van der Waals surface area contributed by atoms with E-state index in [1.165, 1.54) is 6.33 Å². The minimum Gasteiger partial charge on any atom is -0.396 e. The molecule has 0 bridgehead atoms. The third-order valence-electron chi connectivity index (χ3n) is 2.06. The average Bonchev–Trinajstić information content (AvgIpc) is 2.58. The van der Waals surface area contributed by atoms with E-state index in [2.05, 4.69) is 15.0 Å². The Hall–Kier alpha value is -1.89. The van der Waals surface area contributed by atoms with Crippen LogP contribution < -0.4 is 11.3 Å². The number of hydrogen-bond donors (Lipinski definition) is 3. The normalized spacial score (nSPS) is 11.0. The van der Waals surface area contributed by atoms with Gasteiger partial charge in [0.1, 0.15) is 0 Å². The van der Waals surface area contributed by atoms with Crippen molar-refractivity contribution in [3.8, 4) is 0 Å². The quantitative estimate of drug-likeness (QED) is 0.605. The van der Waals surface area contributed by atoms with Crippen molar-refractivity contribution in [1.29, 1.82) is 0 Å². The molecule has 0 aliphatic rings. The smallest absolute Gasteiger partial charge is 0.278 e. The van der Waals surface area contributed by atoms with Gasteiger partial charge in [-0.05, 0) is 6.42 Å². The van der Waals surface area contributed by atoms with Gasteiger partial charge in [-0.2, -0.15) is 4.98 Å². The lowest BCUT2D eigenvalue weighted by atomic mass is 10.4. The van der Waals surface area contributed by atoms with Crippen LogP contribution in [0.4, 0.5) is 5.95 Å². The Kier molecular flexibility index (Phi) is 2.38. The standard InChI is InChI=1S/C8H11N5O2/c9-8-11-6-5(7(15)12-8)13(4-10-6)2-1-3-14/h4,14H,1-3H2,(H3,9,11,12,15). The molecular weight excluding hydrogens is 198 g/mol. The fourth-order valence-corrected chi connectivity index (χ4v) is 1.41. The number of fused-ring (bicyclic) bond motifs is 1. The molecule has 0 aromatic carbocycles. The number of aromatic nitrogens is 4. The summed E-state index contributed by atoms with van der Waals surface area (Å²) in [5.74, 6) is 0.0555. The number of nitrogens with two attached hydrogens (primary N) is 1. The summed E-state index contributed by atoms with van der Waals surface area (Å²) in [4.78, 5) is 21.8. The zero-order valence-corrected chi connectivity index (χ0v) is 7.97. The summed E-state index contributed by atoms with van der Waals surface area (Å²) in [6.07, 6.45) is 2.08. The molecule has 7 heteroatoms. The number of aliphatic hydroxyl groups is 1. The monoisotopic (exact) mass is 209 g/mol. The van der Waals surface area contributed by atoms with Gasteiger partial charge in [-0.3, -0.25) is 9.78 Å². The van der Waals surface area contributed by atoms with Crippen LogP contribution in [0.1, 0.15) is 6.42 Å². The molecule has 80 valence electrons. The topological polar surface area (TPSA) is 110 Å². The van der Waals surface area contributed by atoms with E-state index in [9.17, 15) is 4.79 Å². The van der Waals surface area contributed by atoms with Crippen molar-refractivity contribution in [2.45, 2.75) is 13.0 Å². The van der Waals surface area contributed by atoms with Crippen LogP contribution in [0.25, 0.3) is 11.2 Å². The number of nitrogens with one attached hydrogen (secondary N) is 1. The number of aromatic amines is 1. The van der Waals surface area contributed by atoms with Gasteiger partial charge in [0.15, 0.2) is 11.2 Å². The van der Waals surface area contributed by atoms with E-state index in [0.717, 1.165) is 0 Å². The summed E-state index contributed by atoms with van der Waals surface area (Å²) in [6, 6.07) is 0. The molecule has 2 heterocycles. The lowest BCUT2D eigenvalue weighted by molar-refractivity contribution is 0.280. The van der Waals surface area contributed by atoms with E-state index in [0.29, 0.717) is 24.1 Å². The number of aliphatic hydroxyl groups excluding tert-OH is 1. The van der Waals surface area contributed by atoms with Crippen LogP contribution in [-0.2, 0) is 6.54 Å². The van der Waals surface area contributed by atoms with Gasteiger partial charge in [0, 0.05) is 13.2 Å². The second-order valence-electron chi connectivity index (χ2n) is 3.14. The summed E-state index contributed by atoms with van der Waals surface area (Å²) in [5, 5.41) is 8.70. The highest BCUT2D eigenvalue weighted by molar-refractivity contribution is 5.70. The highest BCUT2D eigenvalue weighted by Crippen LogP contribution is 2.06. The molecule has 0 aliphatic carbocycles. The second kappa shape index (κ2) is 3.70. The van der Waals surface area contributed by atoms with Gasteiger partial charge in [0.2, 0.25) is 5.95 Å². The number of hydrogen-bond acceptors (Lipinski definition) is 5. The molecule has 0 saturated heterocycles. The maximum atomic E-state index is 11.5. The van der Waals surface area contributed by atoms with E-state index in [1.54, 1.807) is 4.57 Å². The first kappa shape index (κ1) is 9.66. The molecule has 7 nitrogen and oxygen atoms in total. The Labute approximate surface area is 84.6 Å². The fourth-order valence-electron chi connectivity index (χ4n) is 1.41. The zero-order chi connectivity index (χ0) is 10.8. The van der Waals surface area contributed by atoms with E-state index < -0.39 is 0 Å². The van der Waals surface area contributed by atoms with Crippen LogP contribution in [0.5, 0.6) is 0 Å². The highest BCUT2D eigenvalue weighted by atomic mass is 16.3. The molecule has 2 aromatic heterocycles. The third kappa shape index (κ3) is 1.68. The summed E-state index contributed by atoms with van der Waals surface area (Å²) in [5.41, 5.74) is 5.78. The minimum atomic E-state index is -0.312. The molecule has 0 spiro atoms. The van der Waals surface area contributed by atoms with Gasteiger partial charge in [0.05, 0.1) is 6.33 Å². The summed E-state index contributed by atoms with van der Waals surface area (Å²) in [6.45, 7) is 0.599. The van der Waals surface area contributed by atoms with Crippen LogP contribution >= 0.6 is 0 Å². The number of imidazole rings is 1. The van der Waals surface area contributed by atoms with Crippen molar-refractivity contribution in [2.24, 2.45) is 0 Å². The summed E-state index contributed by atoms with van der Waals surface area (Å²) >= 11 is 0. The Morgan fingerprint density at radius 1 is 1.60 bits per heavy atom. The molecule has 0 unspecified atom stereocenters. The van der Waals surface area contributed by atoms with Crippen LogP contribution in [-0.4, -0.2) is 31.2 Å². The number of nitrogen functional groups attached to an aromatic ring is 1. The van der Waals surface area contributed by atoms with E-state index in [-0.39, 0.29) is 18.1 Å². The van der Waals surface area contributed by atoms with Gasteiger partial charge < -0.3 is 15.4 Å². The highest BCUT2D eigenvalue weighted by Gasteiger charge is 2.08. The molecule has 2 rings (SSSR count). The van der Waals surface area contributed by atoms with E-state index >= 15 is 0 Å². The molecular formula is C8H11N5O2. The molecule has 2 aromatic rings. The molecule has 15 heavy (non-hydrogen) atoms. The van der Waals surface area contributed by atoms with Crippen LogP contribution in [0.15, 0.2) is 11.1 Å². The summed E-state index contributed by atoms with van der Waals surface area (Å²) in [7, 11) is 0. The van der Waals surface area contributed by atoms with Gasteiger partial charge in [0.25, 0.3) is 5.56 Å². The Balaban J connectivity index is 2.54. The molecule has 0 radical (unpaired) electrons. The number of anilines is 1. The lowest BCUT2D eigenvalue weighted by Gasteiger charge is -2.00. The Morgan fingerprint density at radius 3 is 3.13 bits per heavy atom. The van der Waals surface area contributed by atoms with Crippen molar-refractivity contribution in [1.82, 2.24) is 19.5 Å². The Morgan fingerprint density at radius 2 is 2.40 bits per heavy atom. The molecule has 4 N–H and O–H groups in total. The first-order valence-electron chi connectivity index (χ1n) is 4.54. The van der Waals surface area contributed by atoms with Gasteiger partial charge in [-0.1, -0.05) is 0 Å². The SMILES string of the molecule is Nc1nc2ncn(CCCO)c2c(=O)[nH]1. The maximum absolute atomic E-state index is 11.5. The predicted molar refractivity (Wildman–Crippen MR) is 54.3 cm³/mol. The minimum absolute atomic E-state index is 0.0555. The van der Waals surface area contributed by atoms with Crippen molar-refractivity contribution >= 4 is 17.1 Å². The second-order valence-corrected chi connectivity index (χ2v) is 3.14. The van der Waals surface area contributed by atoms with Crippen molar-refractivity contribution < 1.29 is 5.11 Å². The number of rotatable bonds is 3. The zero-order valence-electron chi connectivity index (χ0n) is 7.97. The largest absolute Gasteiger partial charge is 0.396 e. The first-order valence-corrected chi connectivity index (χ1v) is 4.54. The average molecular weight is 209 g/mol. The van der Waals surface area contributed by atoms with Gasteiger partial charge in [-0.15, -0.1) is 0 Å². The predicted octanol–water partition coefficient (Wildman–Crippen LogP) is -0.916. The maximum Gasteiger partial charge on any atom is 0.278 e. The van der Waals surface area contributed by atoms with E-state index in [4.69, 9.17) is 10.8 Å².